The molecule has 0 aromatic carbocycles. The predicted molar refractivity (Wildman–Crippen MR) is 72.2 cm³/mol. The second kappa shape index (κ2) is 7.38. The van der Waals surface area contributed by atoms with E-state index in [1.165, 1.54) is 57.9 Å². The Bertz CT molecular complexity index is 197. The molecule has 1 saturated carbocycles. The van der Waals surface area contributed by atoms with Crippen molar-refractivity contribution in [1.82, 2.24) is 5.32 Å². The van der Waals surface area contributed by atoms with Gasteiger partial charge in [0.05, 0.1) is 0 Å². The molecule has 2 fully saturated rings. The first kappa shape index (κ1) is 13.4. The van der Waals surface area contributed by atoms with Gasteiger partial charge in [-0.05, 0) is 56.9 Å². The molecule has 2 heteroatoms. The highest BCUT2D eigenvalue weighted by Crippen LogP contribution is 2.35. The van der Waals surface area contributed by atoms with Crippen LogP contribution in [0, 0.1) is 11.8 Å². The summed E-state index contributed by atoms with van der Waals surface area (Å²) in [5.41, 5.74) is 0. The highest BCUT2D eigenvalue weighted by molar-refractivity contribution is 4.86. The summed E-state index contributed by atoms with van der Waals surface area (Å²) in [6, 6.07) is 0.829. The molecule has 17 heavy (non-hydrogen) atoms. The molecule has 100 valence electrons. The minimum absolute atomic E-state index is 0.829. The highest BCUT2D eigenvalue weighted by atomic mass is 16.5. The van der Waals surface area contributed by atoms with Gasteiger partial charge in [0.1, 0.15) is 0 Å². The largest absolute Gasteiger partial charge is 0.381 e. The van der Waals surface area contributed by atoms with E-state index in [4.69, 9.17) is 4.74 Å². The van der Waals surface area contributed by atoms with Crippen LogP contribution >= 0.6 is 0 Å². The van der Waals surface area contributed by atoms with Gasteiger partial charge in [0, 0.05) is 19.3 Å². The first-order valence-electron chi connectivity index (χ1n) is 7.71. The molecular formula is C15H29NO. The molecule has 0 radical (unpaired) electrons. The molecule has 1 aliphatic heterocycles. The van der Waals surface area contributed by atoms with E-state index in [9.17, 15) is 0 Å². The molecule has 2 nitrogen and oxygen atoms in total. The van der Waals surface area contributed by atoms with Crippen LogP contribution in [-0.2, 0) is 4.74 Å². The van der Waals surface area contributed by atoms with Crippen LogP contribution in [-0.4, -0.2) is 25.8 Å². The van der Waals surface area contributed by atoms with E-state index in [1.54, 1.807) is 0 Å². The van der Waals surface area contributed by atoms with Crippen molar-refractivity contribution < 1.29 is 4.74 Å². The zero-order chi connectivity index (χ0) is 11.9. The lowest BCUT2D eigenvalue weighted by molar-refractivity contribution is 0.0628. The van der Waals surface area contributed by atoms with Gasteiger partial charge in [-0.2, -0.15) is 0 Å². The van der Waals surface area contributed by atoms with Crippen LogP contribution < -0.4 is 5.32 Å². The summed E-state index contributed by atoms with van der Waals surface area (Å²) in [6.07, 6.45) is 11.1. The predicted octanol–water partition coefficient (Wildman–Crippen LogP) is 3.36. The average Bonchev–Trinajstić information content (AvgIpc) is 3.19. The van der Waals surface area contributed by atoms with Gasteiger partial charge in [-0.3, -0.25) is 0 Å². The fourth-order valence-electron chi connectivity index (χ4n) is 2.99. The van der Waals surface area contributed by atoms with Gasteiger partial charge in [-0.15, -0.1) is 0 Å². The molecule has 0 bridgehead atoms. The minimum atomic E-state index is 0.829. The maximum Gasteiger partial charge on any atom is 0.0468 e. The second-order valence-corrected chi connectivity index (χ2v) is 5.88. The quantitative estimate of drug-likeness (QED) is 0.701. The number of nitrogens with one attached hydrogen (secondary N) is 1. The van der Waals surface area contributed by atoms with Crippen LogP contribution in [0.3, 0.4) is 0 Å². The molecule has 1 heterocycles. The van der Waals surface area contributed by atoms with Crippen LogP contribution in [0.4, 0.5) is 0 Å². The van der Waals surface area contributed by atoms with Crippen molar-refractivity contribution in [2.75, 3.05) is 19.8 Å². The van der Waals surface area contributed by atoms with Gasteiger partial charge < -0.3 is 10.1 Å². The fraction of sp³-hybridized carbons (Fsp3) is 1.00. The molecule has 0 spiro atoms. The fourth-order valence-corrected chi connectivity index (χ4v) is 2.99. The Morgan fingerprint density at radius 1 is 1.18 bits per heavy atom. The van der Waals surface area contributed by atoms with Crippen molar-refractivity contribution in [1.29, 1.82) is 0 Å². The van der Waals surface area contributed by atoms with Crippen LogP contribution in [0.25, 0.3) is 0 Å². The molecule has 1 unspecified atom stereocenters. The third-order valence-electron chi connectivity index (χ3n) is 4.32. The molecule has 1 saturated heterocycles. The Morgan fingerprint density at radius 2 is 1.94 bits per heavy atom. The summed E-state index contributed by atoms with van der Waals surface area (Å²) in [7, 11) is 0. The van der Waals surface area contributed by atoms with Gasteiger partial charge in [0.25, 0.3) is 0 Å². The van der Waals surface area contributed by atoms with E-state index in [0.29, 0.717) is 0 Å². The Labute approximate surface area is 107 Å². The van der Waals surface area contributed by atoms with Crippen molar-refractivity contribution >= 4 is 0 Å². The van der Waals surface area contributed by atoms with Gasteiger partial charge in [-0.25, -0.2) is 0 Å². The summed E-state index contributed by atoms with van der Waals surface area (Å²) in [5.74, 6) is 1.96. The van der Waals surface area contributed by atoms with E-state index in [2.05, 4.69) is 12.2 Å². The van der Waals surface area contributed by atoms with Crippen LogP contribution in [0.1, 0.15) is 58.3 Å². The molecule has 0 aromatic heterocycles. The number of hydrogen-bond donors (Lipinski definition) is 1. The number of rotatable bonds is 8. The van der Waals surface area contributed by atoms with Crippen molar-refractivity contribution in [2.45, 2.75) is 64.3 Å². The third kappa shape index (κ3) is 4.97. The first-order chi connectivity index (χ1) is 8.40. The molecule has 1 atom stereocenters. The van der Waals surface area contributed by atoms with Crippen molar-refractivity contribution in [3.63, 3.8) is 0 Å². The third-order valence-corrected chi connectivity index (χ3v) is 4.32. The molecule has 0 amide bonds. The van der Waals surface area contributed by atoms with Crippen molar-refractivity contribution in [3.8, 4) is 0 Å². The van der Waals surface area contributed by atoms with Gasteiger partial charge in [-0.1, -0.05) is 19.8 Å². The molecule has 2 rings (SSSR count). The highest BCUT2D eigenvalue weighted by Gasteiger charge is 2.30. The zero-order valence-corrected chi connectivity index (χ0v) is 11.4. The SMILES string of the molecule is CCCNC(CCCC1CCOCC1)C1CC1. The molecule has 1 N–H and O–H groups in total. The number of ether oxygens (including phenoxy) is 1. The van der Waals surface area contributed by atoms with Crippen LogP contribution in [0.15, 0.2) is 0 Å². The summed E-state index contributed by atoms with van der Waals surface area (Å²) >= 11 is 0. The standard InChI is InChI=1S/C15H29NO/c1-2-10-16-15(14-6-7-14)5-3-4-13-8-11-17-12-9-13/h13-16H,2-12H2,1H3. The minimum Gasteiger partial charge on any atom is -0.381 e. The molecule has 0 aromatic rings. The summed E-state index contributed by atoms with van der Waals surface area (Å²) < 4.78 is 5.42. The Morgan fingerprint density at radius 3 is 2.59 bits per heavy atom. The lowest BCUT2D eigenvalue weighted by Crippen LogP contribution is -2.31. The lowest BCUT2D eigenvalue weighted by atomic mass is 9.92. The van der Waals surface area contributed by atoms with Crippen LogP contribution in [0.2, 0.25) is 0 Å². The average molecular weight is 239 g/mol. The van der Waals surface area contributed by atoms with Gasteiger partial charge >= 0.3 is 0 Å². The Kier molecular flexibility index (Phi) is 5.79. The Hall–Kier alpha value is -0.0800. The van der Waals surface area contributed by atoms with E-state index >= 15 is 0 Å². The number of hydrogen-bond acceptors (Lipinski definition) is 2. The summed E-state index contributed by atoms with van der Waals surface area (Å²) in [4.78, 5) is 0. The second-order valence-electron chi connectivity index (χ2n) is 5.88. The smallest absolute Gasteiger partial charge is 0.0468 e. The summed E-state index contributed by atoms with van der Waals surface area (Å²) in [6.45, 7) is 5.48. The Balaban J connectivity index is 1.57. The first-order valence-corrected chi connectivity index (χ1v) is 7.71. The van der Waals surface area contributed by atoms with E-state index in [1.807, 2.05) is 0 Å². The van der Waals surface area contributed by atoms with Gasteiger partial charge in [0.15, 0.2) is 0 Å². The van der Waals surface area contributed by atoms with Crippen molar-refractivity contribution in [2.24, 2.45) is 11.8 Å². The van der Waals surface area contributed by atoms with E-state index in [-0.39, 0.29) is 0 Å². The summed E-state index contributed by atoms with van der Waals surface area (Å²) in [5, 5.41) is 3.74. The zero-order valence-electron chi connectivity index (χ0n) is 11.4. The maximum atomic E-state index is 5.42. The van der Waals surface area contributed by atoms with Crippen molar-refractivity contribution in [3.05, 3.63) is 0 Å². The maximum absolute atomic E-state index is 5.42. The molecule has 1 aliphatic carbocycles. The topological polar surface area (TPSA) is 21.3 Å². The van der Waals surface area contributed by atoms with Crippen LogP contribution in [0.5, 0.6) is 0 Å². The monoisotopic (exact) mass is 239 g/mol. The van der Waals surface area contributed by atoms with E-state index < -0.39 is 0 Å². The molecular weight excluding hydrogens is 210 g/mol. The lowest BCUT2D eigenvalue weighted by Gasteiger charge is -2.23. The normalized spacial score (nSPS) is 23.8. The van der Waals surface area contributed by atoms with Gasteiger partial charge in [0.2, 0.25) is 0 Å². The molecule has 2 aliphatic rings. The van der Waals surface area contributed by atoms with E-state index in [0.717, 1.165) is 31.1 Å².